The summed E-state index contributed by atoms with van der Waals surface area (Å²) in [5.74, 6) is 2.13. The SMILES string of the molecule is CC(=O)O[C@H]1CC[C@@H]2[C@H]3CC[C@]4(C)[C@@H](O)CC[C@H]4[C@@H]3CC3(OCCO3)[C@H]2C1. The van der Waals surface area contributed by atoms with Gasteiger partial charge in [0.25, 0.3) is 0 Å². The number of aliphatic hydroxyl groups is 1. The molecule has 5 rings (SSSR count). The van der Waals surface area contributed by atoms with E-state index in [0.29, 0.717) is 42.8 Å². The molecule has 0 aromatic rings. The fraction of sp³-hybridized carbons (Fsp3) is 0.955. The van der Waals surface area contributed by atoms with Crippen molar-refractivity contribution in [2.24, 2.45) is 35.0 Å². The normalized spacial score (nSPS) is 50.7. The van der Waals surface area contributed by atoms with Crippen molar-refractivity contribution in [2.45, 2.75) is 83.2 Å². The first-order chi connectivity index (χ1) is 12.9. The summed E-state index contributed by atoms with van der Waals surface area (Å²) < 4.78 is 18.3. The van der Waals surface area contributed by atoms with Crippen molar-refractivity contribution in [1.82, 2.24) is 0 Å². The van der Waals surface area contributed by atoms with Crippen molar-refractivity contribution >= 4 is 5.97 Å². The maximum atomic E-state index is 11.5. The molecule has 1 heterocycles. The van der Waals surface area contributed by atoms with Gasteiger partial charge in [0, 0.05) is 19.3 Å². The van der Waals surface area contributed by atoms with Gasteiger partial charge in [-0.15, -0.1) is 0 Å². The lowest BCUT2D eigenvalue weighted by molar-refractivity contribution is -0.275. The van der Waals surface area contributed by atoms with Crippen molar-refractivity contribution < 1.29 is 24.1 Å². The van der Waals surface area contributed by atoms with E-state index < -0.39 is 5.79 Å². The second-order valence-corrected chi connectivity index (χ2v) is 10.1. The van der Waals surface area contributed by atoms with E-state index in [1.165, 1.54) is 13.3 Å². The summed E-state index contributed by atoms with van der Waals surface area (Å²) in [6, 6.07) is 0. The Morgan fingerprint density at radius 3 is 2.52 bits per heavy atom. The fourth-order valence-corrected chi connectivity index (χ4v) is 7.91. The lowest BCUT2D eigenvalue weighted by Gasteiger charge is -2.60. The molecule has 5 aliphatic rings. The lowest BCUT2D eigenvalue weighted by Crippen LogP contribution is -2.59. The summed E-state index contributed by atoms with van der Waals surface area (Å²) in [5, 5.41) is 10.7. The maximum Gasteiger partial charge on any atom is 0.302 e. The van der Waals surface area contributed by atoms with E-state index in [-0.39, 0.29) is 23.6 Å². The molecule has 1 spiro atoms. The quantitative estimate of drug-likeness (QED) is 0.710. The Kier molecular flexibility index (Phi) is 4.38. The molecule has 8 atom stereocenters. The molecule has 5 fully saturated rings. The van der Waals surface area contributed by atoms with Gasteiger partial charge in [0.1, 0.15) is 6.10 Å². The van der Waals surface area contributed by atoms with Gasteiger partial charge in [-0.05, 0) is 74.0 Å². The minimum Gasteiger partial charge on any atom is -0.463 e. The van der Waals surface area contributed by atoms with Gasteiger partial charge in [-0.25, -0.2) is 0 Å². The molecular formula is C22H34O5. The van der Waals surface area contributed by atoms with Crippen LogP contribution in [0.15, 0.2) is 0 Å². The molecule has 0 aromatic carbocycles. The Hall–Kier alpha value is -0.650. The minimum atomic E-state index is -0.490. The van der Waals surface area contributed by atoms with Crippen LogP contribution >= 0.6 is 0 Å². The molecule has 5 heteroatoms. The molecule has 4 aliphatic carbocycles. The van der Waals surface area contributed by atoms with Crippen molar-refractivity contribution in [3.63, 3.8) is 0 Å². The molecule has 1 aliphatic heterocycles. The van der Waals surface area contributed by atoms with E-state index in [1.54, 1.807) is 0 Å². The Morgan fingerprint density at radius 1 is 1.00 bits per heavy atom. The van der Waals surface area contributed by atoms with Crippen LogP contribution in [0.3, 0.4) is 0 Å². The number of carbonyl (C=O) groups excluding carboxylic acids is 1. The number of aliphatic hydroxyl groups excluding tert-OH is 1. The average Bonchev–Trinajstić information content (AvgIpc) is 3.21. The molecule has 4 saturated carbocycles. The van der Waals surface area contributed by atoms with Gasteiger partial charge in [-0.2, -0.15) is 0 Å². The first-order valence-electron chi connectivity index (χ1n) is 11.1. The molecular weight excluding hydrogens is 344 g/mol. The summed E-state index contributed by atoms with van der Waals surface area (Å²) in [4.78, 5) is 11.5. The average molecular weight is 379 g/mol. The molecule has 5 nitrogen and oxygen atoms in total. The topological polar surface area (TPSA) is 65.0 Å². The first-order valence-corrected chi connectivity index (χ1v) is 11.1. The summed E-state index contributed by atoms with van der Waals surface area (Å²) in [7, 11) is 0. The maximum absolute atomic E-state index is 11.5. The first kappa shape index (κ1) is 18.4. The highest BCUT2D eigenvalue weighted by atomic mass is 16.7. The molecule has 27 heavy (non-hydrogen) atoms. The molecule has 0 bridgehead atoms. The third kappa shape index (κ3) is 2.71. The monoisotopic (exact) mass is 378 g/mol. The molecule has 0 radical (unpaired) electrons. The van der Waals surface area contributed by atoms with Gasteiger partial charge < -0.3 is 19.3 Å². The summed E-state index contributed by atoms with van der Waals surface area (Å²) in [5.41, 5.74) is 0.0722. The van der Waals surface area contributed by atoms with Crippen LogP contribution in [0.1, 0.15) is 65.2 Å². The number of rotatable bonds is 1. The van der Waals surface area contributed by atoms with Gasteiger partial charge in [0.15, 0.2) is 5.79 Å². The predicted molar refractivity (Wildman–Crippen MR) is 98.7 cm³/mol. The molecule has 0 aromatic heterocycles. The minimum absolute atomic E-state index is 0.00661. The van der Waals surface area contributed by atoms with Crippen LogP contribution in [0.2, 0.25) is 0 Å². The highest BCUT2D eigenvalue weighted by Crippen LogP contribution is 2.65. The summed E-state index contributed by atoms with van der Waals surface area (Å²) >= 11 is 0. The van der Waals surface area contributed by atoms with Crippen LogP contribution in [-0.4, -0.2) is 42.3 Å². The number of ether oxygens (including phenoxy) is 3. The molecule has 1 saturated heterocycles. The fourth-order valence-electron chi connectivity index (χ4n) is 7.91. The summed E-state index contributed by atoms with van der Waals surface area (Å²) in [6.07, 6.45) is 8.19. The van der Waals surface area contributed by atoms with Crippen LogP contribution in [0, 0.1) is 35.0 Å². The number of hydrogen-bond donors (Lipinski definition) is 1. The molecule has 0 amide bonds. The van der Waals surface area contributed by atoms with Crippen LogP contribution in [0.25, 0.3) is 0 Å². The number of hydrogen-bond acceptors (Lipinski definition) is 5. The second-order valence-electron chi connectivity index (χ2n) is 10.1. The number of fused-ring (bicyclic) bond motifs is 6. The van der Waals surface area contributed by atoms with Crippen LogP contribution in [0.5, 0.6) is 0 Å². The van der Waals surface area contributed by atoms with Crippen molar-refractivity contribution in [2.75, 3.05) is 13.2 Å². The van der Waals surface area contributed by atoms with Crippen molar-refractivity contribution in [3.8, 4) is 0 Å². The molecule has 1 N–H and O–H groups in total. The summed E-state index contributed by atoms with van der Waals surface area (Å²) in [6.45, 7) is 5.17. The lowest BCUT2D eigenvalue weighted by atomic mass is 9.49. The Balaban J connectivity index is 1.45. The van der Waals surface area contributed by atoms with E-state index >= 15 is 0 Å². The third-order valence-corrected chi connectivity index (χ3v) is 9.04. The Labute approximate surface area is 162 Å². The second kappa shape index (κ2) is 6.43. The van der Waals surface area contributed by atoms with Gasteiger partial charge >= 0.3 is 5.97 Å². The number of carbonyl (C=O) groups is 1. The highest BCUT2D eigenvalue weighted by Gasteiger charge is 2.64. The van der Waals surface area contributed by atoms with Crippen LogP contribution in [0.4, 0.5) is 0 Å². The van der Waals surface area contributed by atoms with Gasteiger partial charge in [-0.1, -0.05) is 6.92 Å². The van der Waals surface area contributed by atoms with Crippen molar-refractivity contribution in [1.29, 1.82) is 0 Å². The zero-order valence-corrected chi connectivity index (χ0v) is 16.7. The predicted octanol–water partition coefficient (Wildman–Crippen LogP) is 3.28. The van der Waals surface area contributed by atoms with Gasteiger partial charge in [0.05, 0.1) is 19.3 Å². The standard InChI is InChI=1S/C22H34O5/c1-13(23)27-14-3-4-16-15-7-8-21(2)18(5-6-20(21)24)17(15)12-22(19(16)11-14)25-9-10-26-22/h14-20,24H,3-12H2,1-2H3/t14-,15+,16+,17+,18-,19-,20-,21-/m0/s1. The Bertz CT molecular complexity index is 600. The smallest absolute Gasteiger partial charge is 0.302 e. The zero-order valence-electron chi connectivity index (χ0n) is 16.7. The Morgan fingerprint density at radius 2 is 1.78 bits per heavy atom. The van der Waals surface area contributed by atoms with Gasteiger partial charge in [-0.3, -0.25) is 4.79 Å². The molecule has 0 unspecified atom stereocenters. The van der Waals surface area contributed by atoms with E-state index in [2.05, 4.69) is 6.92 Å². The van der Waals surface area contributed by atoms with Crippen LogP contribution < -0.4 is 0 Å². The van der Waals surface area contributed by atoms with Crippen LogP contribution in [-0.2, 0) is 19.0 Å². The number of esters is 1. The van der Waals surface area contributed by atoms with E-state index in [0.717, 1.165) is 44.9 Å². The van der Waals surface area contributed by atoms with E-state index in [1.807, 2.05) is 0 Å². The van der Waals surface area contributed by atoms with E-state index in [9.17, 15) is 9.90 Å². The third-order valence-electron chi connectivity index (χ3n) is 9.04. The highest BCUT2D eigenvalue weighted by molar-refractivity contribution is 5.66. The molecule has 152 valence electrons. The largest absolute Gasteiger partial charge is 0.463 e. The van der Waals surface area contributed by atoms with Gasteiger partial charge in [0.2, 0.25) is 0 Å². The van der Waals surface area contributed by atoms with Crippen molar-refractivity contribution in [3.05, 3.63) is 0 Å². The van der Waals surface area contributed by atoms with E-state index in [4.69, 9.17) is 14.2 Å². The zero-order chi connectivity index (χ0) is 18.8.